The Morgan fingerprint density at radius 3 is 2.88 bits per heavy atom. The molecule has 0 spiro atoms. The van der Waals surface area contributed by atoms with Crippen LogP contribution in [0.2, 0.25) is 0 Å². The summed E-state index contributed by atoms with van der Waals surface area (Å²) in [5, 5.41) is 3.27. The van der Waals surface area contributed by atoms with Crippen molar-refractivity contribution in [3.8, 4) is 5.88 Å². The molecule has 0 radical (unpaired) electrons. The molecule has 1 N–H and O–H groups in total. The molecule has 2 unspecified atom stereocenters. The number of hydrogen-bond acceptors (Lipinski definition) is 3. The lowest BCUT2D eigenvalue weighted by Gasteiger charge is -2.07. The Bertz CT molecular complexity index is 403. The van der Waals surface area contributed by atoms with E-state index in [9.17, 15) is 8.78 Å². The summed E-state index contributed by atoms with van der Waals surface area (Å²) in [6, 6.07) is 0.984. The summed E-state index contributed by atoms with van der Waals surface area (Å²) in [5.74, 6) is -0.356. The van der Waals surface area contributed by atoms with Crippen LogP contribution in [0.3, 0.4) is 0 Å². The number of nitrogens with one attached hydrogen (secondary N) is 1. The lowest BCUT2D eigenvalue weighted by molar-refractivity contribution is 0.253. The van der Waals surface area contributed by atoms with Crippen molar-refractivity contribution in [3.63, 3.8) is 0 Å². The van der Waals surface area contributed by atoms with Crippen LogP contribution in [0.1, 0.15) is 0 Å². The molecule has 0 bridgehead atoms. The first-order valence-corrected chi connectivity index (χ1v) is 5.41. The summed E-state index contributed by atoms with van der Waals surface area (Å²) in [5.41, 5.74) is 0. The van der Waals surface area contributed by atoms with Crippen LogP contribution in [0.5, 0.6) is 5.88 Å². The number of nitrogens with zero attached hydrogens (tertiary/aromatic N) is 1. The van der Waals surface area contributed by atoms with Crippen LogP contribution < -0.4 is 10.1 Å². The highest BCUT2D eigenvalue weighted by atomic mass is 19.2. The normalized spacial score (nSPS) is 31.2. The van der Waals surface area contributed by atoms with E-state index in [2.05, 4.69) is 10.3 Å². The van der Waals surface area contributed by atoms with Crippen molar-refractivity contribution in [2.24, 2.45) is 17.8 Å². The van der Waals surface area contributed by atoms with Gasteiger partial charge in [0.15, 0.2) is 5.82 Å². The highest BCUT2D eigenvalue weighted by Crippen LogP contribution is 2.48. The van der Waals surface area contributed by atoms with Gasteiger partial charge in [-0.1, -0.05) is 0 Å². The van der Waals surface area contributed by atoms with Crippen LogP contribution in [-0.2, 0) is 0 Å². The first-order valence-electron chi connectivity index (χ1n) is 5.41. The van der Waals surface area contributed by atoms with Crippen LogP contribution in [-0.4, -0.2) is 24.7 Å². The zero-order chi connectivity index (χ0) is 11.1. The quantitative estimate of drug-likeness (QED) is 0.841. The summed E-state index contributed by atoms with van der Waals surface area (Å²) >= 11 is 0. The molecule has 2 atom stereocenters. The molecule has 1 aromatic rings. The predicted molar refractivity (Wildman–Crippen MR) is 53.0 cm³/mol. The molecule has 1 aliphatic heterocycles. The van der Waals surface area contributed by atoms with E-state index >= 15 is 0 Å². The molecule has 1 aromatic heterocycles. The van der Waals surface area contributed by atoms with E-state index in [-0.39, 0.29) is 5.88 Å². The third-order valence-corrected chi connectivity index (χ3v) is 3.49. The number of fused-ring (bicyclic) bond motifs is 1. The summed E-state index contributed by atoms with van der Waals surface area (Å²) in [6.07, 6.45) is 1.21. The van der Waals surface area contributed by atoms with E-state index in [4.69, 9.17) is 4.74 Å². The fourth-order valence-electron chi connectivity index (χ4n) is 2.47. The van der Waals surface area contributed by atoms with Crippen LogP contribution in [0.25, 0.3) is 0 Å². The molecule has 0 aromatic carbocycles. The molecular formula is C11H12F2N2O. The van der Waals surface area contributed by atoms with Gasteiger partial charge in [0, 0.05) is 12.1 Å². The number of piperidine rings is 1. The van der Waals surface area contributed by atoms with Crippen LogP contribution >= 0.6 is 0 Å². The van der Waals surface area contributed by atoms with E-state index in [0.717, 1.165) is 19.2 Å². The van der Waals surface area contributed by atoms with Crippen molar-refractivity contribution in [3.05, 3.63) is 23.9 Å². The second-order valence-corrected chi connectivity index (χ2v) is 4.37. The van der Waals surface area contributed by atoms with Gasteiger partial charge in [0.2, 0.25) is 5.82 Å². The smallest absolute Gasteiger partial charge is 0.253 e. The maximum atomic E-state index is 13.2. The fraction of sp³-hybridized carbons (Fsp3) is 0.545. The van der Waals surface area contributed by atoms with Gasteiger partial charge in [-0.25, -0.2) is 9.37 Å². The average Bonchev–Trinajstić information content (AvgIpc) is 2.73. The van der Waals surface area contributed by atoms with Crippen LogP contribution in [0.15, 0.2) is 12.3 Å². The molecule has 0 amide bonds. The Labute approximate surface area is 91.8 Å². The monoisotopic (exact) mass is 226 g/mol. The minimum atomic E-state index is -0.994. The Morgan fingerprint density at radius 2 is 2.12 bits per heavy atom. The number of rotatable bonds is 3. The van der Waals surface area contributed by atoms with E-state index < -0.39 is 11.6 Å². The lowest BCUT2D eigenvalue weighted by atomic mass is 10.3. The Kier molecular flexibility index (Phi) is 2.28. The van der Waals surface area contributed by atoms with E-state index in [1.165, 1.54) is 6.20 Å². The van der Waals surface area contributed by atoms with Gasteiger partial charge >= 0.3 is 0 Å². The topological polar surface area (TPSA) is 34.1 Å². The van der Waals surface area contributed by atoms with E-state index in [1.54, 1.807) is 0 Å². The first kappa shape index (κ1) is 9.96. The van der Waals surface area contributed by atoms with Crippen molar-refractivity contribution in [2.45, 2.75) is 0 Å². The largest absolute Gasteiger partial charge is 0.475 e. The van der Waals surface area contributed by atoms with Crippen molar-refractivity contribution >= 4 is 0 Å². The summed E-state index contributed by atoms with van der Waals surface area (Å²) < 4.78 is 31.3. The number of aromatic nitrogens is 1. The minimum Gasteiger partial charge on any atom is -0.475 e. The van der Waals surface area contributed by atoms with Gasteiger partial charge in [-0.15, -0.1) is 0 Å². The average molecular weight is 226 g/mol. The lowest BCUT2D eigenvalue weighted by Crippen LogP contribution is -2.18. The second kappa shape index (κ2) is 3.66. The van der Waals surface area contributed by atoms with Gasteiger partial charge in [-0.2, -0.15) is 4.39 Å². The molecule has 16 heavy (non-hydrogen) atoms. The molecule has 2 heterocycles. The first-order chi connectivity index (χ1) is 7.77. The third kappa shape index (κ3) is 1.55. The maximum Gasteiger partial charge on any atom is 0.253 e. The molecule has 3 rings (SSSR count). The molecule has 2 fully saturated rings. The maximum absolute atomic E-state index is 13.2. The number of pyridine rings is 1. The summed E-state index contributed by atoms with van der Waals surface area (Å²) in [6.45, 7) is 2.46. The zero-order valence-electron chi connectivity index (χ0n) is 8.62. The molecule has 2 aliphatic rings. The predicted octanol–water partition coefficient (Wildman–Crippen LogP) is 1.20. The van der Waals surface area contributed by atoms with Crippen LogP contribution in [0.4, 0.5) is 8.78 Å². The van der Waals surface area contributed by atoms with Crippen LogP contribution in [0, 0.1) is 29.4 Å². The van der Waals surface area contributed by atoms with Crippen molar-refractivity contribution in [2.75, 3.05) is 19.7 Å². The van der Waals surface area contributed by atoms with E-state index in [0.29, 0.717) is 24.4 Å². The van der Waals surface area contributed by atoms with Gasteiger partial charge in [0.1, 0.15) is 0 Å². The standard InChI is InChI=1S/C11H12F2N2O/c12-9-1-2-15-11(10(9)13)16-5-8-6-3-14-4-7(6)8/h1-2,6-8,14H,3-5H2. The van der Waals surface area contributed by atoms with E-state index in [1.807, 2.05) is 0 Å². The summed E-state index contributed by atoms with van der Waals surface area (Å²) in [7, 11) is 0. The highest BCUT2D eigenvalue weighted by Gasteiger charge is 2.53. The second-order valence-electron chi connectivity index (χ2n) is 4.37. The van der Waals surface area contributed by atoms with Crippen molar-refractivity contribution in [1.29, 1.82) is 0 Å². The molecule has 1 saturated carbocycles. The molecule has 5 heteroatoms. The molecule has 1 aliphatic carbocycles. The van der Waals surface area contributed by atoms with Gasteiger partial charge < -0.3 is 10.1 Å². The number of halogens is 2. The zero-order valence-corrected chi connectivity index (χ0v) is 8.62. The van der Waals surface area contributed by atoms with Gasteiger partial charge in [-0.05, 0) is 31.0 Å². The Hall–Kier alpha value is -1.23. The molecule has 1 saturated heterocycles. The Morgan fingerprint density at radius 1 is 1.38 bits per heavy atom. The van der Waals surface area contributed by atoms with Gasteiger partial charge in [0.05, 0.1) is 6.61 Å². The summed E-state index contributed by atoms with van der Waals surface area (Å²) in [4.78, 5) is 3.68. The Balaban J connectivity index is 1.61. The highest BCUT2D eigenvalue weighted by molar-refractivity contribution is 5.15. The van der Waals surface area contributed by atoms with Gasteiger partial charge in [0.25, 0.3) is 5.88 Å². The SMILES string of the molecule is Fc1ccnc(OCC2C3CNCC32)c1F. The number of hydrogen-bond donors (Lipinski definition) is 1. The molecule has 3 nitrogen and oxygen atoms in total. The molecule has 86 valence electrons. The molecular weight excluding hydrogens is 214 g/mol. The third-order valence-electron chi connectivity index (χ3n) is 3.49. The van der Waals surface area contributed by atoms with Crippen molar-refractivity contribution < 1.29 is 13.5 Å². The van der Waals surface area contributed by atoms with Crippen molar-refractivity contribution in [1.82, 2.24) is 10.3 Å². The van der Waals surface area contributed by atoms with Gasteiger partial charge in [-0.3, -0.25) is 0 Å². The fourth-order valence-corrected chi connectivity index (χ4v) is 2.47. The minimum absolute atomic E-state index is 0.224. The number of ether oxygens (including phenoxy) is 1.